The Labute approximate surface area is 108 Å². The minimum atomic E-state index is -1.57. The van der Waals surface area contributed by atoms with E-state index in [0.717, 1.165) is 37.7 Å². The lowest BCUT2D eigenvalue weighted by Crippen LogP contribution is -2.40. The molecule has 0 aromatic heterocycles. The predicted octanol–water partition coefficient (Wildman–Crippen LogP) is 4.32. The molecule has 0 aliphatic rings. The number of carbonyl (C=O) groups is 1. The first-order chi connectivity index (χ1) is 7.70. The van der Waals surface area contributed by atoms with Gasteiger partial charge in [0.25, 0.3) is 0 Å². The van der Waals surface area contributed by atoms with E-state index >= 15 is 0 Å². The van der Waals surface area contributed by atoms with Crippen molar-refractivity contribution >= 4 is 14.6 Å². The van der Waals surface area contributed by atoms with E-state index in [4.69, 9.17) is 4.43 Å². The normalized spacial score (nSPS) is 13.9. The molecule has 0 aromatic carbocycles. The second-order valence-corrected chi connectivity index (χ2v) is 11.0. The van der Waals surface area contributed by atoms with Gasteiger partial charge in [-0.2, -0.15) is 0 Å². The topological polar surface area (TPSA) is 26.3 Å². The largest absolute Gasteiger partial charge is 0.417 e. The zero-order valence-electron chi connectivity index (χ0n) is 12.3. The van der Waals surface area contributed by atoms with Gasteiger partial charge in [-0.3, -0.25) is 4.79 Å². The van der Waals surface area contributed by atoms with Crippen molar-refractivity contribution < 1.29 is 9.22 Å². The van der Waals surface area contributed by atoms with E-state index in [1.807, 2.05) is 6.92 Å². The Balaban J connectivity index is 3.79. The lowest BCUT2D eigenvalue weighted by Gasteiger charge is -2.36. The molecule has 0 spiro atoms. The van der Waals surface area contributed by atoms with Gasteiger partial charge >= 0.3 is 0 Å². The SMILES string of the molecule is C/C(=C/C=O)CCCCO[Si](C)(C)C(C)(C)C. The van der Waals surface area contributed by atoms with E-state index in [-0.39, 0.29) is 0 Å². The Bertz CT molecular complexity index is 262. The quantitative estimate of drug-likeness (QED) is 0.293. The summed E-state index contributed by atoms with van der Waals surface area (Å²) >= 11 is 0. The number of carbonyl (C=O) groups excluding carboxylic acids is 1. The van der Waals surface area contributed by atoms with Crippen LogP contribution in [0.2, 0.25) is 18.1 Å². The van der Waals surface area contributed by atoms with Crippen LogP contribution in [0.1, 0.15) is 47.0 Å². The monoisotopic (exact) mass is 256 g/mol. The summed E-state index contributed by atoms with van der Waals surface area (Å²) < 4.78 is 6.09. The van der Waals surface area contributed by atoms with E-state index in [0.29, 0.717) is 5.04 Å². The maximum atomic E-state index is 10.3. The number of allylic oxidation sites excluding steroid dienone is 2. The van der Waals surface area contributed by atoms with Crippen LogP contribution in [0.3, 0.4) is 0 Å². The summed E-state index contributed by atoms with van der Waals surface area (Å²) in [5.41, 5.74) is 1.16. The molecule has 0 aliphatic heterocycles. The summed E-state index contributed by atoms with van der Waals surface area (Å²) in [6.07, 6.45) is 5.69. The molecule has 0 aliphatic carbocycles. The van der Waals surface area contributed by atoms with Crippen LogP contribution >= 0.6 is 0 Å². The van der Waals surface area contributed by atoms with Crippen molar-refractivity contribution in [2.45, 2.75) is 65.1 Å². The minimum Gasteiger partial charge on any atom is -0.417 e. The third kappa shape index (κ3) is 6.79. The van der Waals surface area contributed by atoms with Gasteiger partial charge < -0.3 is 4.43 Å². The fourth-order valence-corrected chi connectivity index (χ4v) is 2.34. The molecule has 0 unspecified atom stereocenters. The predicted molar refractivity (Wildman–Crippen MR) is 76.8 cm³/mol. The van der Waals surface area contributed by atoms with Crippen LogP contribution in [0.5, 0.6) is 0 Å². The van der Waals surface area contributed by atoms with Crippen LogP contribution < -0.4 is 0 Å². The highest BCUT2D eigenvalue weighted by atomic mass is 28.4. The minimum absolute atomic E-state index is 0.292. The highest BCUT2D eigenvalue weighted by molar-refractivity contribution is 6.74. The van der Waals surface area contributed by atoms with Crippen molar-refractivity contribution in [3.8, 4) is 0 Å². The molecule has 0 fully saturated rings. The van der Waals surface area contributed by atoms with Crippen molar-refractivity contribution in [3.63, 3.8) is 0 Å². The molecule has 0 atom stereocenters. The molecule has 3 heteroatoms. The van der Waals surface area contributed by atoms with Gasteiger partial charge in [-0.25, -0.2) is 0 Å². The number of aldehydes is 1. The summed E-state index contributed by atoms with van der Waals surface area (Å²) in [5, 5.41) is 0.292. The Morgan fingerprint density at radius 2 is 1.82 bits per heavy atom. The van der Waals surface area contributed by atoms with Crippen LogP contribution in [0, 0.1) is 0 Å². The van der Waals surface area contributed by atoms with Gasteiger partial charge in [-0.15, -0.1) is 0 Å². The summed E-state index contributed by atoms with van der Waals surface area (Å²) in [5.74, 6) is 0. The summed E-state index contributed by atoms with van der Waals surface area (Å²) in [6, 6.07) is 0. The Kier molecular flexibility index (Phi) is 6.94. The first-order valence-electron chi connectivity index (χ1n) is 6.45. The first-order valence-corrected chi connectivity index (χ1v) is 9.36. The molecule has 2 nitrogen and oxygen atoms in total. The third-order valence-electron chi connectivity index (χ3n) is 3.59. The molecule has 0 aromatic rings. The number of hydrogen-bond donors (Lipinski definition) is 0. The van der Waals surface area contributed by atoms with E-state index < -0.39 is 8.32 Å². The van der Waals surface area contributed by atoms with Crippen molar-refractivity contribution in [3.05, 3.63) is 11.6 Å². The van der Waals surface area contributed by atoms with Crippen molar-refractivity contribution in [1.29, 1.82) is 0 Å². The first kappa shape index (κ1) is 16.6. The second-order valence-electron chi connectivity index (χ2n) is 6.21. The smallest absolute Gasteiger partial charge is 0.191 e. The molecule has 0 radical (unpaired) electrons. The average Bonchev–Trinajstić information content (AvgIpc) is 2.15. The molecule has 0 saturated heterocycles. The number of hydrogen-bond acceptors (Lipinski definition) is 2. The zero-order valence-corrected chi connectivity index (χ0v) is 13.3. The molecule has 0 amide bonds. The molecule has 17 heavy (non-hydrogen) atoms. The van der Waals surface area contributed by atoms with Crippen molar-refractivity contribution in [2.24, 2.45) is 0 Å². The molecule has 0 saturated carbocycles. The van der Waals surface area contributed by atoms with Crippen molar-refractivity contribution in [2.75, 3.05) is 6.61 Å². The Hall–Kier alpha value is -0.413. The molecule has 0 rings (SSSR count). The summed E-state index contributed by atoms with van der Waals surface area (Å²) in [7, 11) is -1.57. The maximum Gasteiger partial charge on any atom is 0.191 e. The fraction of sp³-hybridized carbons (Fsp3) is 0.786. The van der Waals surface area contributed by atoms with E-state index in [1.165, 1.54) is 0 Å². The molecule has 0 bridgehead atoms. The van der Waals surface area contributed by atoms with Gasteiger partial charge in [0.15, 0.2) is 8.32 Å². The highest BCUT2D eigenvalue weighted by Gasteiger charge is 2.36. The lowest BCUT2D eigenvalue weighted by molar-refractivity contribution is -0.104. The molecule has 0 N–H and O–H groups in total. The van der Waals surface area contributed by atoms with Crippen molar-refractivity contribution in [1.82, 2.24) is 0 Å². The fourth-order valence-electron chi connectivity index (χ4n) is 1.25. The van der Waals surface area contributed by atoms with Gasteiger partial charge in [0.1, 0.15) is 6.29 Å². The standard InChI is InChI=1S/C14H28O2Si/c1-13(10-11-15)9-7-8-12-16-17(5,6)14(2,3)4/h10-11H,7-9,12H2,1-6H3/b13-10-. The Morgan fingerprint density at radius 3 is 2.29 bits per heavy atom. The third-order valence-corrected chi connectivity index (χ3v) is 8.13. The van der Waals surface area contributed by atoms with E-state index in [9.17, 15) is 4.79 Å². The highest BCUT2D eigenvalue weighted by Crippen LogP contribution is 2.36. The van der Waals surface area contributed by atoms with Gasteiger partial charge in [-0.1, -0.05) is 26.3 Å². The van der Waals surface area contributed by atoms with Gasteiger partial charge in [0.2, 0.25) is 0 Å². The van der Waals surface area contributed by atoms with Crippen LogP contribution in [-0.2, 0) is 9.22 Å². The number of unbranched alkanes of at least 4 members (excludes halogenated alkanes) is 1. The lowest BCUT2D eigenvalue weighted by atomic mass is 10.1. The molecule has 0 heterocycles. The van der Waals surface area contributed by atoms with Crippen LogP contribution in [0.15, 0.2) is 11.6 Å². The van der Waals surface area contributed by atoms with Crippen LogP contribution in [0.4, 0.5) is 0 Å². The van der Waals surface area contributed by atoms with E-state index in [1.54, 1.807) is 6.08 Å². The second kappa shape index (κ2) is 7.12. The maximum absolute atomic E-state index is 10.3. The average molecular weight is 256 g/mol. The van der Waals surface area contributed by atoms with Gasteiger partial charge in [0, 0.05) is 6.61 Å². The summed E-state index contributed by atoms with van der Waals surface area (Å²) in [6.45, 7) is 14.2. The molecule has 100 valence electrons. The number of rotatable bonds is 7. The zero-order chi connectivity index (χ0) is 13.5. The van der Waals surface area contributed by atoms with E-state index in [2.05, 4.69) is 33.9 Å². The van der Waals surface area contributed by atoms with Crippen LogP contribution in [0.25, 0.3) is 0 Å². The molecular formula is C14H28O2Si. The van der Waals surface area contributed by atoms with Crippen LogP contribution in [-0.4, -0.2) is 21.2 Å². The molecular weight excluding hydrogens is 228 g/mol. The Morgan fingerprint density at radius 1 is 1.24 bits per heavy atom. The summed E-state index contributed by atoms with van der Waals surface area (Å²) in [4.78, 5) is 10.3. The van der Waals surface area contributed by atoms with Gasteiger partial charge in [0.05, 0.1) is 0 Å². The van der Waals surface area contributed by atoms with Gasteiger partial charge in [-0.05, 0) is 50.4 Å².